The molecule has 3 N–H and O–H groups in total. The van der Waals surface area contributed by atoms with Gasteiger partial charge in [0.15, 0.2) is 5.78 Å². The number of ketones is 1. The van der Waals surface area contributed by atoms with Gasteiger partial charge in [0.05, 0.1) is 12.8 Å². The first-order valence-electron chi connectivity index (χ1n) is 14.3. The van der Waals surface area contributed by atoms with Crippen LogP contribution in [0.5, 0.6) is 11.5 Å². The molecule has 0 aromatic heterocycles. The van der Waals surface area contributed by atoms with Crippen LogP contribution < -0.4 is 9.46 Å². The molecule has 0 bridgehead atoms. The number of amidine groups is 1. The number of rotatable bonds is 11. The Kier molecular flexibility index (Phi) is 11.8. The van der Waals surface area contributed by atoms with Crippen molar-refractivity contribution >= 4 is 38.6 Å². The number of aromatic hydroxyl groups is 1. The number of nitrogens with one attached hydrogen (secondary N) is 2. The zero-order valence-electron chi connectivity index (χ0n) is 26.2. The highest BCUT2D eigenvalue weighted by Gasteiger charge is 2.39. The van der Waals surface area contributed by atoms with E-state index in [9.17, 15) is 18.3 Å². The van der Waals surface area contributed by atoms with Crippen molar-refractivity contribution in [2.75, 3.05) is 32.5 Å². The summed E-state index contributed by atoms with van der Waals surface area (Å²) in [4.78, 5) is 15.6. The quantitative estimate of drug-likeness (QED) is 0.195. The van der Waals surface area contributed by atoms with Crippen LogP contribution in [0, 0.1) is 11.3 Å². The smallest absolute Gasteiger partial charge is 0.208 e. The Morgan fingerprint density at radius 2 is 1.62 bits per heavy atom. The Morgan fingerprint density at radius 3 is 2.10 bits per heavy atom. The summed E-state index contributed by atoms with van der Waals surface area (Å²) in [5, 5.41) is 20.1. The fourth-order valence-electron chi connectivity index (χ4n) is 5.49. The van der Waals surface area contributed by atoms with Crippen LogP contribution in [-0.4, -0.2) is 62.5 Å². The summed E-state index contributed by atoms with van der Waals surface area (Å²) in [7, 11) is -3.26. The SMILES string of the molecule is Br.CCC[C@@H]1CN(CC(=O)c2cc(C(C)(C)C)c(O)c(C(C)(C)C)c2)C(=N)[C@@H]1c1ccc(OCCNS(C)(=O)=O)cc1. The van der Waals surface area contributed by atoms with Gasteiger partial charge in [-0.1, -0.05) is 67.0 Å². The molecule has 0 saturated carbocycles. The normalized spacial score (nSPS) is 17.7. The van der Waals surface area contributed by atoms with E-state index in [1.165, 1.54) is 0 Å². The molecular formula is C32H48BrN3O5S. The van der Waals surface area contributed by atoms with E-state index in [4.69, 9.17) is 10.1 Å². The van der Waals surface area contributed by atoms with Crippen molar-refractivity contribution in [2.24, 2.45) is 5.92 Å². The molecule has 42 heavy (non-hydrogen) atoms. The molecule has 2 aromatic rings. The van der Waals surface area contributed by atoms with Gasteiger partial charge in [-0.15, -0.1) is 17.0 Å². The summed E-state index contributed by atoms with van der Waals surface area (Å²) in [5.74, 6) is 1.34. The minimum Gasteiger partial charge on any atom is -0.507 e. The number of nitrogens with zero attached hydrogens (tertiary/aromatic N) is 1. The molecule has 0 spiro atoms. The van der Waals surface area contributed by atoms with Gasteiger partial charge in [-0.3, -0.25) is 10.2 Å². The number of phenols is 1. The molecule has 10 heteroatoms. The van der Waals surface area contributed by atoms with Crippen LogP contribution in [0.1, 0.15) is 94.3 Å². The monoisotopic (exact) mass is 665 g/mol. The van der Waals surface area contributed by atoms with Gasteiger partial charge in [-0.25, -0.2) is 13.1 Å². The number of benzene rings is 2. The lowest BCUT2D eigenvalue weighted by Gasteiger charge is -2.28. The second-order valence-corrected chi connectivity index (χ2v) is 15.1. The van der Waals surface area contributed by atoms with E-state index >= 15 is 0 Å². The van der Waals surface area contributed by atoms with Crippen molar-refractivity contribution in [3.8, 4) is 11.5 Å². The third-order valence-corrected chi connectivity index (χ3v) is 8.31. The molecule has 0 unspecified atom stereocenters. The summed E-state index contributed by atoms with van der Waals surface area (Å²) in [5.41, 5.74) is 2.39. The van der Waals surface area contributed by atoms with Crippen LogP contribution in [0.25, 0.3) is 0 Å². The maximum absolute atomic E-state index is 13.7. The lowest BCUT2D eigenvalue weighted by Crippen LogP contribution is -2.32. The maximum atomic E-state index is 13.7. The molecule has 2 atom stereocenters. The lowest BCUT2D eigenvalue weighted by molar-refractivity contribution is 0.0963. The molecule has 2 aromatic carbocycles. The molecule has 0 aliphatic carbocycles. The highest BCUT2D eigenvalue weighted by atomic mass is 79.9. The molecule has 1 aliphatic heterocycles. The van der Waals surface area contributed by atoms with E-state index in [1.807, 2.05) is 82.8 Å². The molecular weight excluding hydrogens is 618 g/mol. The third-order valence-electron chi connectivity index (χ3n) is 7.58. The Bertz CT molecular complexity index is 1330. The van der Waals surface area contributed by atoms with Crippen LogP contribution in [-0.2, 0) is 20.9 Å². The minimum absolute atomic E-state index is 0. The first kappa shape index (κ1) is 35.8. The number of likely N-dealkylation sites (tertiary alicyclic amines) is 1. The number of hydrogen-bond acceptors (Lipinski definition) is 6. The Morgan fingerprint density at radius 1 is 1.07 bits per heavy atom. The fraction of sp³-hybridized carbons (Fsp3) is 0.562. The van der Waals surface area contributed by atoms with Crippen molar-refractivity contribution in [1.82, 2.24) is 9.62 Å². The van der Waals surface area contributed by atoms with Crippen LogP contribution in [0.4, 0.5) is 0 Å². The first-order chi connectivity index (χ1) is 18.9. The molecule has 0 amide bonds. The number of Topliss-reactive ketones (excluding diaryl/α,β-unsaturated/α-hetero) is 1. The van der Waals surface area contributed by atoms with Crippen LogP contribution >= 0.6 is 17.0 Å². The zero-order valence-corrected chi connectivity index (χ0v) is 28.7. The predicted molar refractivity (Wildman–Crippen MR) is 175 cm³/mol. The third kappa shape index (κ3) is 9.04. The second-order valence-electron chi connectivity index (χ2n) is 13.2. The van der Waals surface area contributed by atoms with Gasteiger partial charge >= 0.3 is 0 Å². The highest BCUT2D eigenvalue weighted by molar-refractivity contribution is 8.93. The van der Waals surface area contributed by atoms with Crippen LogP contribution in [0.15, 0.2) is 36.4 Å². The number of carbonyl (C=O) groups is 1. The van der Waals surface area contributed by atoms with Crippen molar-refractivity contribution < 1.29 is 23.1 Å². The summed E-state index contributed by atoms with van der Waals surface area (Å²) in [6, 6.07) is 11.2. The molecule has 1 saturated heterocycles. The summed E-state index contributed by atoms with van der Waals surface area (Å²) >= 11 is 0. The summed E-state index contributed by atoms with van der Waals surface area (Å²) in [6.45, 7) is 15.5. The topological polar surface area (TPSA) is 120 Å². The van der Waals surface area contributed by atoms with E-state index in [0.29, 0.717) is 23.7 Å². The van der Waals surface area contributed by atoms with Gasteiger partial charge < -0.3 is 14.7 Å². The largest absolute Gasteiger partial charge is 0.507 e. The van der Waals surface area contributed by atoms with E-state index < -0.39 is 10.0 Å². The number of carbonyl (C=O) groups excluding carboxylic acids is 1. The van der Waals surface area contributed by atoms with Crippen molar-refractivity contribution in [3.63, 3.8) is 0 Å². The predicted octanol–water partition coefficient (Wildman–Crippen LogP) is 6.17. The number of phenolic OH excluding ortho intramolecular Hbond substituents is 1. The van der Waals surface area contributed by atoms with Crippen molar-refractivity contribution in [1.29, 1.82) is 5.41 Å². The highest BCUT2D eigenvalue weighted by Crippen LogP contribution is 2.41. The summed E-state index contributed by atoms with van der Waals surface area (Å²) < 4.78 is 30.5. The van der Waals surface area contributed by atoms with Gasteiger partial charge in [0.25, 0.3) is 0 Å². The minimum atomic E-state index is -3.26. The maximum Gasteiger partial charge on any atom is 0.208 e. The molecule has 8 nitrogen and oxygen atoms in total. The average molecular weight is 667 g/mol. The fourth-order valence-corrected chi connectivity index (χ4v) is 5.94. The van der Waals surface area contributed by atoms with Gasteiger partial charge in [0.2, 0.25) is 10.0 Å². The molecule has 1 fully saturated rings. The van der Waals surface area contributed by atoms with Crippen LogP contribution in [0.2, 0.25) is 0 Å². The van der Waals surface area contributed by atoms with Crippen molar-refractivity contribution in [3.05, 3.63) is 58.7 Å². The molecule has 234 valence electrons. The van der Waals surface area contributed by atoms with Crippen LogP contribution in [0.3, 0.4) is 0 Å². The molecule has 3 rings (SSSR count). The van der Waals surface area contributed by atoms with Gasteiger partial charge in [-0.2, -0.15) is 0 Å². The van der Waals surface area contributed by atoms with Gasteiger partial charge in [-0.05, 0) is 53.0 Å². The Labute approximate surface area is 262 Å². The standard InChI is InChI=1S/C32H47N3O5S.BrH/c1-9-10-22-19-35(20-27(36)23-17-25(31(2,3)4)29(37)26(18-23)32(5,6)7)30(33)28(22)21-11-13-24(14-12-21)40-16-15-34-41(8,38)39;/h11-14,17-18,22,28,33-34,37H,9-10,15-16,19-20H2,1-8H3;1H/t22-,28-;/m1./s1. The van der Waals surface area contributed by atoms with E-state index in [2.05, 4.69) is 11.6 Å². The van der Waals surface area contributed by atoms with E-state index in [0.717, 1.165) is 35.8 Å². The van der Waals surface area contributed by atoms with Gasteiger partial charge in [0, 0.05) is 35.7 Å². The molecule has 1 heterocycles. The number of ether oxygens (including phenoxy) is 1. The Hall–Kier alpha value is -2.43. The van der Waals surface area contributed by atoms with Gasteiger partial charge in [0.1, 0.15) is 23.9 Å². The first-order valence-corrected chi connectivity index (χ1v) is 16.2. The lowest BCUT2D eigenvalue weighted by atomic mass is 9.78. The second kappa shape index (κ2) is 13.9. The Balaban J connectivity index is 0.00000616. The number of halogens is 1. The number of hydrogen-bond donors (Lipinski definition) is 3. The summed E-state index contributed by atoms with van der Waals surface area (Å²) in [6.07, 6.45) is 3.03. The number of sulfonamides is 1. The molecule has 1 aliphatic rings. The van der Waals surface area contributed by atoms with E-state index in [-0.39, 0.29) is 70.9 Å². The molecule has 0 radical (unpaired) electrons. The zero-order chi connectivity index (χ0) is 30.8. The van der Waals surface area contributed by atoms with Crippen molar-refractivity contribution in [2.45, 2.75) is 78.1 Å². The van der Waals surface area contributed by atoms with E-state index in [1.54, 1.807) is 0 Å². The average Bonchev–Trinajstić information content (AvgIpc) is 3.14.